The van der Waals surface area contributed by atoms with Crippen LogP contribution < -0.4 is 0 Å². The quantitative estimate of drug-likeness (QED) is 0.628. The van der Waals surface area contributed by atoms with Crippen LogP contribution in [0.25, 0.3) is 22.4 Å². The van der Waals surface area contributed by atoms with Gasteiger partial charge in [0.25, 0.3) is 5.71 Å². The van der Waals surface area contributed by atoms with E-state index in [1.54, 1.807) is 0 Å². The standard InChI is InChI=1S/C16H10F4N2O/c17-10-5-3-8(4-6-10)12-7-11(16(18,19)20)13-14(9-1-2-9)22-23-15(13)21-12/h3-7,9H,1-2H2. The van der Waals surface area contributed by atoms with Gasteiger partial charge >= 0.3 is 6.18 Å². The largest absolute Gasteiger partial charge is 0.417 e. The minimum atomic E-state index is -4.55. The van der Waals surface area contributed by atoms with Gasteiger partial charge in [-0.3, -0.25) is 0 Å². The second kappa shape index (κ2) is 4.78. The summed E-state index contributed by atoms with van der Waals surface area (Å²) in [6.45, 7) is 0. The van der Waals surface area contributed by atoms with Gasteiger partial charge in [-0.05, 0) is 43.2 Å². The lowest BCUT2D eigenvalue weighted by Gasteiger charge is -2.10. The van der Waals surface area contributed by atoms with Crippen molar-refractivity contribution in [3.8, 4) is 11.3 Å². The van der Waals surface area contributed by atoms with E-state index in [2.05, 4.69) is 10.1 Å². The fraction of sp³-hybridized carbons (Fsp3) is 0.250. The molecule has 7 heteroatoms. The molecule has 0 aliphatic heterocycles. The summed E-state index contributed by atoms with van der Waals surface area (Å²) < 4.78 is 58.4. The summed E-state index contributed by atoms with van der Waals surface area (Å²) in [6.07, 6.45) is -2.94. The average molecular weight is 322 g/mol. The zero-order chi connectivity index (χ0) is 16.2. The molecule has 0 bridgehead atoms. The number of fused-ring (bicyclic) bond motifs is 1. The van der Waals surface area contributed by atoms with E-state index in [9.17, 15) is 17.6 Å². The molecule has 1 aromatic carbocycles. The highest BCUT2D eigenvalue weighted by Gasteiger charge is 2.39. The van der Waals surface area contributed by atoms with Gasteiger partial charge in [0.15, 0.2) is 0 Å². The minimum Gasteiger partial charge on any atom is -0.335 e. The molecule has 0 saturated heterocycles. The van der Waals surface area contributed by atoms with Crippen LogP contribution in [0, 0.1) is 5.82 Å². The van der Waals surface area contributed by atoms with Crippen LogP contribution in [0.4, 0.5) is 17.6 Å². The first-order valence-electron chi connectivity index (χ1n) is 7.07. The van der Waals surface area contributed by atoms with Crippen LogP contribution in [-0.2, 0) is 6.18 Å². The second-order valence-electron chi connectivity index (χ2n) is 5.58. The topological polar surface area (TPSA) is 38.9 Å². The Hall–Kier alpha value is -2.44. The Morgan fingerprint density at radius 2 is 1.78 bits per heavy atom. The summed E-state index contributed by atoms with van der Waals surface area (Å²) in [5.74, 6) is -0.461. The van der Waals surface area contributed by atoms with Crippen molar-refractivity contribution in [3.05, 3.63) is 47.4 Å². The van der Waals surface area contributed by atoms with Gasteiger partial charge in [-0.25, -0.2) is 9.37 Å². The fourth-order valence-corrected chi connectivity index (χ4v) is 2.60. The van der Waals surface area contributed by atoms with E-state index in [4.69, 9.17) is 4.52 Å². The van der Waals surface area contributed by atoms with Gasteiger partial charge in [0.2, 0.25) is 0 Å². The first-order chi connectivity index (χ1) is 10.9. The minimum absolute atomic E-state index is 0.0100. The summed E-state index contributed by atoms with van der Waals surface area (Å²) in [5.41, 5.74) is -0.178. The van der Waals surface area contributed by atoms with Crippen molar-refractivity contribution in [1.82, 2.24) is 10.1 Å². The van der Waals surface area contributed by atoms with Crippen LogP contribution in [0.15, 0.2) is 34.9 Å². The molecule has 0 N–H and O–H groups in total. The fourth-order valence-electron chi connectivity index (χ4n) is 2.60. The number of alkyl halides is 3. The number of rotatable bonds is 2. The number of pyridine rings is 1. The third-order valence-electron chi connectivity index (χ3n) is 3.88. The summed E-state index contributed by atoms with van der Waals surface area (Å²) in [5, 5.41) is 3.72. The van der Waals surface area contributed by atoms with Crippen LogP contribution in [0.3, 0.4) is 0 Å². The maximum Gasteiger partial charge on any atom is 0.417 e. The van der Waals surface area contributed by atoms with E-state index < -0.39 is 17.6 Å². The summed E-state index contributed by atoms with van der Waals surface area (Å²) in [4.78, 5) is 4.13. The molecule has 3 nitrogen and oxygen atoms in total. The molecule has 1 aliphatic carbocycles. The molecular formula is C16H10F4N2O. The van der Waals surface area contributed by atoms with Crippen molar-refractivity contribution in [2.24, 2.45) is 0 Å². The highest BCUT2D eigenvalue weighted by Crippen LogP contribution is 2.46. The van der Waals surface area contributed by atoms with Gasteiger partial charge in [0, 0.05) is 11.5 Å². The molecule has 0 amide bonds. The maximum atomic E-state index is 13.5. The lowest BCUT2D eigenvalue weighted by molar-refractivity contribution is -0.136. The molecular weight excluding hydrogens is 312 g/mol. The molecule has 3 aromatic rings. The third-order valence-corrected chi connectivity index (χ3v) is 3.88. The number of aromatic nitrogens is 2. The van der Waals surface area contributed by atoms with Crippen LogP contribution in [-0.4, -0.2) is 10.1 Å². The molecule has 118 valence electrons. The smallest absolute Gasteiger partial charge is 0.335 e. The summed E-state index contributed by atoms with van der Waals surface area (Å²) >= 11 is 0. The van der Waals surface area contributed by atoms with Gasteiger partial charge in [-0.2, -0.15) is 13.2 Å². The maximum absolute atomic E-state index is 13.5. The number of halogens is 4. The van der Waals surface area contributed by atoms with E-state index in [-0.39, 0.29) is 22.7 Å². The Morgan fingerprint density at radius 1 is 1.09 bits per heavy atom. The van der Waals surface area contributed by atoms with Crippen LogP contribution in [0.2, 0.25) is 0 Å². The average Bonchev–Trinajstić information content (AvgIpc) is 3.25. The van der Waals surface area contributed by atoms with E-state index in [0.717, 1.165) is 18.9 Å². The normalized spacial score (nSPS) is 15.3. The molecule has 0 unspecified atom stereocenters. The predicted octanol–water partition coefficient (Wildman–Crippen LogP) is 4.93. The SMILES string of the molecule is Fc1ccc(-c2cc(C(F)(F)F)c3c(C4CC4)noc3n2)cc1. The monoisotopic (exact) mass is 322 g/mol. The number of hydrogen-bond donors (Lipinski definition) is 0. The zero-order valence-electron chi connectivity index (χ0n) is 11.7. The van der Waals surface area contributed by atoms with Gasteiger partial charge in [-0.15, -0.1) is 0 Å². The van der Waals surface area contributed by atoms with Crippen molar-refractivity contribution < 1.29 is 22.1 Å². The molecule has 4 rings (SSSR count). The highest BCUT2D eigenvalue weighted by molar-refractivity contribution is 5.84. The Kier molecular flexibility index (Phi) is 2.94. The molecule has 0 atom stereocenters. The Balaban J connectivity index is 1.96. The van der Waals surface area contributed by atoms with E-state index in [1.165, 1.54) is 24.3 Å². The molecule has 1 aliphatic rings. The van der Waals surface area contributed by atoms with Crippen molar-refractivity contribution in [2.45, 2.75) is 24.9 Å². The van der Waals surface area contributed by atoms with Crippen LogP contribution in [0.1, 0.15) is 30.0 Å². The Morgan fingerprint density at radius 3 is 2.39 bits per heavy atom. The number of hydrogen-bond acceptors (Lipinski definition) is 3. The molecule has 0 spiro atoms. The lowest BCUT2D eigenvalue weighted by atomic mass is 10.0. The number of benzene rings is 1. The van der Waals surface area contributed by atoms with Crippen LogP contribution >= 0.6 is 0 Å². The molecule has 0 radical (unpaired) electrons. The zero-order valence-corrected chi connectivity index (χ0v) is 11.7. The Labute approximate surface area is 127 Å². The van der Waals surface area contributed by atoms with Gasteiger partial charge in [0.05, 0.1) is 22.3 Å². The molecule has 2 heterocycles. The van der Waals surface area contributed by atoms with E-state index in [0.29, 0.717) is 11.3 Å². The van der Waals surface area contributed by atoms with Gasteiger partial charge < -0.3 is 4.52 Å². The highest BCUT2D eigenvalue weighted by atomic mass is 19.4. The lowest BCUT2D eigenvalue weighted by Crippen LogP contribution is -2.07. The molecule has 23 heavy (non-hydrogen) atoms. The van der Waals surface area contributed by atoms with E-state index in [1.807, 2.05) is 0 Å². The molecule has 1 fully saturated rings. The first kappa shape index (κ1) is 14.2. The van der Waals surface area contributed by atoms with Crippen molar-refractivity contribution in [2.75, 3.05) is 0 Å². The Bertz CT molecular complexity index is 879. The number of nitrogens with zero attached hydrogens (tertiary/aromatic N) is 2. The van der Waals surface area contributed by atoms with Crippen LogP contribution in [0.5, 0.6) is 0 Å². The first-order valence-corrected chi connectivity index (χ1v) is 7.07. The van der Waals surface area contributed by atoms with Gasteiger partial charge in [-0.1, -0.05) is 5.16 Å². The van der Waals surface area contributed by atoms with Crippen molar-refractivity contribution in [3.63, 3.8) is 0 Å². The van der Waals surface area contributed by atoms with Gasteiger partial charge in [0.1, 0.15) is 5.82 Å². The second-order valence-corrected chi connectivity index (χ2v) is 5.58. The summed E-state index contributed by atoms with van der Waals surface area (Å²) in [7, 11) is 0. The van der Waals surface area contributed by atoms with E-state index >= 15 is 0 Å². The van der Waals surface area contributed by atoms with Crippen molar-refractivity contribution >= 4 is 11.1 Å². The van der Waals surface area contributed by atoms with Crippen molar-refractivity contribution in [1.29, 1.82) is 0 Å². The molecule has 1 saturated carbocycles. The summed E-state index contributed by atoms with van der Waals surface area (Å²) in [6, 6.07) is 6.07. The third kappa shape index (κ3) is 2.46. The predicted molar refractivity (Wildman–Crippen MR) is 74.2 cm³/mol. The molecule has 2 aromatic heterocycles.